The van der Waals surface area contributed by atoms with E-state index in [1.54, 1.807) is 0 Å². The van der Waals surface area contributed by atoms with Gasteiger partial charge in [0.05, 0.1) is 6.26 Å². The van der Waals surface area contributed by atoms with Gasteiger partial charge in [0.2, 0.25) is 10.0 Å². The molecule has 2 rings (SSSR count). The molecule has 1 saturated heterocycles. The van der Waals surface area contributed by atoms with Crippen LogP contribution in [0.1, 0.15) is 18.5 Å². The molecule has 0 saturated carbocycles. The van der Waals surface area contributed by atoms with Crippen LogP contribution in [0.3, 0.4) is 0 Å². The maximum Gasteiger partial charge on any atom is 0.211 e. The fourth-order valence-corrected chi connectivity index (χ4v) is 3.28. The molecule has 6 heteroatoms. The molecule has 19 heavy (non-hydrogen) atoms. The highest BCUT2D eigenvalue weighted by Crippen LogP contribution is 2.23. The lowest BCUT2D eigenvalue weighted by Crippen LogP contribution is -2.48. The molecular weight excluding hydrogens is 262 g/mol. The number of hydrogen-bond donors (Lipinski definition) is 1. The van der Waals surface area contributed by atoms with Crippen LogP contribution in [0.4, 0.5) is 5.69 Å². The average molecular weight is 283 g/mol. The minimum atomic E-state index is -3.06. The molecule has 0 amide bonds. The maximum absolute atomic E-state index is 11.5. The molecule has 1 aromatic rings. The Morgan fingerprint density at radius 2 is 1.84 bits per heavy atom. The van der Waals surface area contributed by atoms with Crippen molar-refractivity contribution in [1.82, 2.24) is 9.21 Å². The van der Waals surface area contributed by atoms with E-state index >= 15 is 0 Å². The summed E-state index contributed by atoms with van der Waals surface area (Å²) in [6, 6.07) is 8.12. The molecule has 1 aliphatic heterocycles. The number of piperazine rings is 1. The van der Waals surface area contributed by atoms with E-state index in [0.29, 0.717) is 13.1 Å². The second-order valence-electron chi connectivity index (χ2n) is 5.04. The Balaban J connectivity index is 2.02. The van der Waals surface area contributed by atoms with Crippen molar-refractivity contribution < 1.29 is 8.42 Å². The molecule has 1 unspecified atom stereocenters. The van der Waals surface area contributed by atoms with Crippen LogP contribution in [-0.4, -0.2) is 50.1 Å². The summed E-state index contributed by atoms with van der Waals surface area (Å²) in [6.07, 6.45) is 1.27. The van der Waals surface area contributed by atoms with E-state index in [-0.39, 0.29) is 6.04 Å². The molecule has 0 bridgehead atoms. The minimum Gasteiger partial charge on any atom is -0.399 e. The fraction of sp³-hybridized carbons (Fsp3) is 0.538. The first-order chi connectivity index (χ1) is 8.88. The Hall–Kier alpha value is -1.11. The smallest absolute Gasteiger partial charge is 0.211 e. The monoisotopic (exact) mass is 283 g/mol. The Bertz CT molecular complexity index is 537. The number of rotatable bonds is 3. The standard InChI is InChI=1S/C13H21N3O2S/c1-11(12-4-3-5-13(14)10-12)15-6-8-16(9-7-15)19(2,17)18/h3-5,10-11H,6-9,14H2,1-2H3. The van der Waals surface area contributed by atoms with Gasteiger partial charge >= 0.3 is 0 Å². The van der Waals surface area contributed by atoms with Gasteiger partial charge in [-0.2, -0.15) is 4.31 Å². The van der Waals surface area contributed by atoms with Crippen LogP contribution in [0.2, 0.25) is 0 Å². The molecule has 1 fully saturated rings. The predicted molar refractivity (Wildman–Crippen MR) is 77.3 cm³/mol. The van der Waals surface area contributed by atoms with Crippen molar-refractivity contribution in [3.63, 3.8) is 0 Å². The number of nitrogens with two attached hydrogens (primary N) is 1. The molecule has 0 aliphatic carbocycles. The van der Waals surface area contributed by atoms with Gasteiger partial charge in [0.1, 0.15) is 0 Å². The average Bonchev–Trinajstić information content (AvgIpc) is 2.37. The summed E-state index contributed by atoms with van der Waals surface area (Å²) < 4.78 is 24.5. The predicted octanol–water partition coefficient (Wildman–Crippen LogP) is 0.907. The van der Waals surface area contributed by atoms with Gasteiger partial charge in [0.15, 0.2) is 0 Å². The summed E-state index contributed by atoms with van der Waals surface area (Å²) in [5.41, 5.74) is 7.74. The topological polar surface area (TPSA) is 66.6 Å². The van der Waals surface area contributed by atoms with Crippen LogP contribution >= 0.6 is 0 Å². The number of anilines is 1. The van der Waals surface area contributed by atoms with Gasteiger partial charge < -0.3 is 5.73 Å². The summed E-state index contributed by atoms with van der Waals surface area (Å²) in [5, 5.41) is 0. The van der Waals surface area contributed by atoms with Gasteiger partial charge in [0, 0.05) is 37.9 Å². The molecule has 0 aromatic heterocycles. The third-order valence-corrected chi connectivity index (χ3v) is 4.99. The Labute approximate surface area is 115 Å². The van der Waals surface area contributed by atoms with E-state index < -0.39 is 10.0 Å². The largest absolute Gasteiger partial charge is 0.399 e. The van der Waals surface area contributed by atoms with Crippen molar-refractivity contribution in [2.75, 3.05) is 38.2 Å². The summed E-state index contributed by atoms with van der Waals surface area (Å²) in [7, 11) is -3.06. The van der Waals surface area contributed by atoms with Crippen LogP contribution in [0.5, 0.6) is 0 Å². The van der Waals surface area contributed by atoms with Crippen molar-refractivity contribution in [2.24, 2.45) is 0 Å². The van der Waals surface area contributed by atoms with E-state index in [4.69, 9.17) is 5.73 Å². The number of nitrogens with zero attached hydrogens (tertiary/aromatic N) is 2. The Morgan fingerprint density at radius 3 is 2.37 bits per heavy atom. The lowest BCUT2D eigenvalue weighted by molar-refractivity contribution is 0.146. The number of sulfonamides is 1. The third kappa shape index (κ3) is 3.46. The second-order valence-corrected chi connectivity index (χ2v) is 7.03. The van der Waals surface area contributed by atoms with Crippen LogP contribution in [0.25, 0.3) is 0 Å². The summed E-state index contributed by atoms with van der Waals surface area (Å²) in [5.74, 6) is 0. The van der Waals surface area contributed by atoms with E-state index in [2.05, 4.69) is 17.9 Å². The highest BCUT2D eigenvalue weighted by molar-refractivity contribution is 7.88. The number of hydrogen-bond acceptors (Lipinski definition) is 4. The van der Waals surface area contributed by atoms with Gasteiger partial charge in [-0.25, -0.2) is 8.42 Å². The molecule has 5 nitrogen and oxygen atoms in total. The normalized spacial score (nSPS) is 20.3. The maximum atomic E-state index is 11.5. The van der Waals surface area contributed by atoms with Crippen molar-refractivity contribution in [2.45, 2.75) is 13.0 Å². The van der Waals surface area contributed by atoms with Gasteiger partial charge in [-0.15, -0.1) is 0 Å². The molecule has 2 N–H and O–H groups in total. The zero-order valence-electron chi connectivity index (χ0n) is 11.4. The van der Waals surface area contributed by atoms with Crippen molar-refractivity contribution >= 4 is 15.7 Å². The van der Waals surface area contributed by atoms with Gasteiger partial charge in [-0.05, 0) is 24.6 Å². The zero-order valence-corrected chi connectivity index (χ0v) is 12.2. The van der Waals surface area contributed by atoms with Crippen molar-refractivity contribution in [3.05, 3.63) is 29.8 Å². The van der Waals surface area contributed by atoms with Gasteiger partial charge in [-0.3, -0.25) is 4.90 Å². The van der Waals surface area contributed by atoms with Crippen molar-refractivity contribution in [3.8, 4) is 0 Å². The van der Waals surface area contributed by atoms with E-state index in [0.717, 1.165) is 18.8 Å². The minimum absolute atomic E-state index is 0.255. The van der Waals surface area contributed by atoms with E-state index in [1.165, 1.54) is 16.1 Å². The molecule has 1 heterocycles. The van der Waals surface area contributed by atoms with E-state index in [9.17, 15) is 8.42 Å². The summed E-state index contributed by atoms with van der Waals surface area (Å²) >= 11 is 0. The quantitative estimate of drug-likeness (QED) is 0.837. The van der Waals surface area contributed by atoms with Gasteiger partial charge in [0.25, 0.3) is 0 Å². The number of benzene rings is 1. The highest BCUT2D eigenvalue weighted by Gasteiger charge is 2.26. The third-order valence-electron chi connectivity index (χ3n) is 3.68. The SMILES string of the molecule is CC(c1cccc(N)c1)N1CCN(S(C)(=O)=O)CC1. The Kier molecular flexibility index (Phi) is 4.13. The summed E-state index contributed by atoms with van der Waals surface area (Å²) in [4.78, 5) is 2.29. The number of nitrogen functional groups attached to an aromatic ring is 1. The van der Waals surface area contributed by atoms with Crippen LogP contribution in [0, 0.1) is 0 Å². The first kappa shape index (κ1) is 14.3. The van der Waals surface area contributed by atoms with Crippen molar-refractivity contribution in [1.29, 1.82) is 0 Å². The highest BCUT2D eigenvalue weighted by atomic mass is 32.2. The molecular formula is C13H21N3O2S. The lowest BCUT2D eigenvalue weighted by Gasteiger charge is -2.37. The molecule has 0 radical (unpaired) electrons. The molecule has 1 aliphatic rings. The summed E-state index contributed by atoms with van der Waals surface area (Å²) in [6.45, 7) is 4.76. The van der Waals surface area contributed by atoms with Gasteiger partial charge in [-0.1, -0.05) is 12.1 Å². The Morgan fingerprint density at radius 1 is 1.21 bits per heavy atom. The molecule has 0 spiro atoms. The van der Waals surface area contributed by atoms with Crippen LogP contribution in [-0.2, 0) is 10.0 Å². The zero-order chi connectivity index (χ0) is 14.0. The molecule has 1 atom stereocenters. The lowest BCUT2D eigenvalue weighted by atomic mass is 10.1. The van der Waals surface area contributed by atoms with Crippen LogP contribution in [0.15, 0.2) is 24.3 Å². The van der Waals surface area contributed by atoms with Crippen LogP contribution < -0.4 is 5.73 Å². The second kappa shape index (κ2) is 5.48. The molecule has 1 aromatic carbocycles. The first-order valence-electron chi connectivity index (χ1n) is 6.42. The fourth-order valence-electron chi connectivity index (χ4n) is 2.45. The molecule has 106 valence electrons. The van der Waals surface area contributed by atoms with E-state index in [1.807, 2.05) is 18.2 Å². The first-order valence-corrected chi connectivity index (χ1v) is 8.27.